The van der Waals surface area contributed by atoms with Gasteiger partial charge >= 0.3 is 5.97 Å². The van der Waals surface area contributed by atoms with Crippen LogP contribution < -0.4 is 4.72 Å². The minimum absolute atomic E-state index is 0.164. The molecule has 17 heavy (non-hydrogen) atoms. The number of nitrogens with one attached hydrogen (secondary N) is 1. The molecule has 0 spiro atoms. The van der Waals surface area contributed by atoms with E-state index in [2.05, 4.69) is 25.4 Å². The van der Waals surface area contributed by atoms with Gasteiger partial charge in [-0.3, -0.25) is 4.79 Å². The largest absolute Gasteiger partial charge is 0.468 e. The zero-order valence-electron chi connectivity index (χ0n) is 9.48. The molecule has 0 bridgehead atoms. The maximum absolute atomic E-state index is 11.9. The molecular formula is C9H12BrNO4S2. The van der Waals surface area contributed by atoms with E-state index >= 15 is 0 Å². The number of thiophene rings is 1. The molecule has 0 saturated carbocycles. The first-order valence-corrected chi connectivity index (χ1v) is 7.73. The maximum atomic E-state index is 11.9. The van der Waals surface area contributed by atoms with E-state index in [1.807, 2.05) is 0 Å². The van der Waals surface area contributed by atoms with Crippen LogP contribution in [-0.2, 0) is 19.6 Å². The summed E-state index contributed by atoms with van der Waals surface area (Å²) in [6.07, 6.45) is 0. The van der Waals surface area contributed by atoms with Crippen molar-refractivity contribution in [2.24, 2.45) is 0 Å². The van der Waals surface area contributed by atoms with E-state index in [0.717, 1.165) is 20.7 Å². The lowest BCUT2D eigenvalue weighted by Gasteiger charge is -2.10. The Hall–Kier alpha value is -0.440. The maximum Gasteiger partial charge on any atom is 0.323 e. The minimum Gasteiger partial charge on any atom is -0.468 e. The SMILES string of the molecule is COC(=O)[C@H](C)NS(=O)(=O)c1cc(C)c(Br)s1. The van der Waals surface area contributed by atoms with E-state index in [1.165, 1.54) is 14.0 Å². The van der Waals surface area contributed by atoms with Gasteiger partial charge in [0, 0.05) is 0 Å². The number of esters is 1. The molecule has 0 aliphatic rings. The molecule has 96 valence electrons. The molecule has 1 atom stereocenters. The van der Waals surface area contributed by atoms with Crippen molar-refractivity contribution < 1.29 is 17.9 Å². The van der Waals surface area contributed by atoms with E-state index < -0.39 is 22.0 Å². The molecule has 0 saturated heterocycles. The van der Waals surface area contributed by atoms with Crippen molar-refractivity contribution >= 4 is 43.3 Å². The Morgan fingerprint density at radius 1 is 1.59 bits per heavy atom. The van der Waals surface area contributed by atoms with Crippen LogP contribution in [0.5, 0.6) is 0 Å². The number of aryl methyl sites for hydroxylation is 1. The summed E-state index contributed by atoms with van der Waals surface area (Å²) in [4.78, 5) is 11.1. The van der Waals surface area contributed by atoms with Gasteiger partial charge in [-0.15, -0.1) is 11.3 Å². The normalized spacial score (nSPS) is 13.4. The Labute approximate surface area is 112 Å². The van der Waals surface area contributed by atoms with Gasteiger partial charge in [-0.25, -0.2) is 8.42 Å². The summed E-state index contributed by atoms with van der Waals surface area (Å²) in [6, 6.07) is 0.632. The second-order valence-corrected chi connectivity index (χ2v) is 7.70. The van der Waals surface area contributed by atoms with E-state index in [9.17, 15) is 13.2 Å². The molecule has 0 fully saturated rings. The van der Waals surface area contributed by atoms with Crippen LogP contribution in [0.25, 0.3) is 0 Å². The number of carbonyl (C=O) groups excluding carboxylic acids is 1. The number of sulfonamides is 1. The van der Waals surface area contributed by atoms with Crippen molar-refractivity contribution in [3.8, 4) is 0 Å². The van der Waals surface area contributed by atoms with Gasteiger partial charge in [-0.1, -0.05) is 0 Å². The fourth-order valence-electron chi connectivity index (χ4n) is 1.08. The Kier molecular flexibility index (Phi) is 4.70. The van der Waals surface area contributed by atoms with Crippen LogP contribution in [0.3, 0.4) is 0 Å². The molecule has 1 aromatic rings. The molecule has 0 radical (unpaired) electrons. The standard InChI is InChI=1S/C9H12BrNO4S2/c1-5-4-7(16-8(5)10)17(13,14)11-6(2)9(12)15-3/h4,6,11H,1-3H3/t6-/m0/s1. The van der Waals surface area contributed by atoms with Gasteiger partial charge in [-0.2, -0.15) is 4.72 Å². The number of hydrogen-bond donors (Lipinski definition) is 1. The predicted molar refractivity (Wildman–Crippen MR) is 68.6 cm³/mol. The number of carbonyl (C=O) groups is 1. The van der Waals surface area contributed by atoms with Crippen molar-refractivity contribution in [1.29, 1.82) is 0 Å². The molecule has 0 aliphatic carbocycles. The van der Waals surface area contributed by atoms with Crippen molar-refractivity contribution in [2.45, 2.75) is 24.1 Å². The van der Waals surface area contributed by atoms with Gasteiger partial charge in [0.15, 0.2) is 0 Å². The van der Waals surface area contributed by atoms with E-state index in [1.54, 1.807) is 13.0 Å². The van der Waals surface area contributed by atoms with Gasteiger partial charge < -0.3 is 4.74 Å². The number of halogens is 1. The first-order chi connectivity index (χ1) is 7.77. The van der Waals surface area contributed by atoms with Crippen LogP contribution in [0.1, 0.15) is 12.5 Å². The number of ether oxygens (including phenoxy) is 1. The number of methoxy groups -OCH3 is 1. The van der Waals surface area contributed by atoms with Crippen LogP contribution >= 0.6 is 27.3 Å². The van der Waals surface area contributed by atoms with Crippen molar-refractivity contribution in [3.63, 3.8) is 0 Å². The lowest BCUT2D eigenvalue weighted by molar-refractivity contribution is -0.142. The highest BCUT2D eigenvalue weighted by Gasteiger charge is 2.24. The van der Waals surface area contributed by atoms with Gasteiger partial charge in [0.05, 0.1) is 10.9 Å². The third-order valence-electron chi connectivity index (χ3n) is 1.99. The second kappa shape index (κ2) is 5.47. The highest BCUT2D eigenvalue weighted by atomic mass is 79.9. The average molecular weight is 342 g/mol. The topological polar surface area (TPSA) is 72.5 Å². The molecule has 1 N–H and O–H groups in total. The van der Waals surface area contributed by atoms with E-state index in [4.69, 9.17) is 0 Å². The predicted octanol–water partition coefficient (Wildman–Crippen LogP) is 1.66. The van der Waals surface area contributed by atoms with Gasteiger partial charge in [0.1, 0.15) is 10.3 Å². The molecule has 8 heteroatoms. The summed E-state index contributed by atoms with van der Waals surface area (Å²) >= 11 is 4.35. The summed E-state index contributed by atoms with van der Waals surface area (Å²) in [7, 11) is -2.47. The Morgan fingerprint density at radius 3 is 2.59 bits per heavy atom. The molecule has 0 aliphatic heterocycles. The quantitative estimate of drug-likeness (QED) is 0.845. The molecular weight excluding hydrogens is 330 g/mol. The Morgan fingerprint density at radius 2 is 2.18 bits per heavy atom. The fourth-order valence-corrected chi connectivity index (χ4v) is 4.51. The average Bonchev–Trinajstić information content (AvgIpc) is 2.58. The Bertz CT molecular complexity index is 504. The summed E-state index contributed by atoms with van der Waals surface area (Å²) in [5, 5.41) is 0. The molecule has 1 heterocycles. The molecule has 5 nitrogen and oxygen atoms in total. The third-order valence-corrected chi connectivity index (χ3v) is 6.14. The van der Waals surface area contributed by atoms with Crippen molar-refractivity contribution in [1.82, 2.24) is 4.72 Å². The summed E-state index contributed by atoms with van der Waals surface area (Å²) in [5.74, 6) is -0.624. The van der Waals surface area contributed by atoms with Crippen LogP contribution in [0.4, 0.5) is 0 Å². The Balaban J connectivity index is 2.93. The summed E-state index contributed by atoms with van der Waals surface area (Å²) in [6.45, 7) is 3.22. The zero-order chi connectivity index (χ0) is 13.2. The van der Waals surface area contributed by atoms with E-state index in [0.29, 0.717) is 0 Å². The van der Waals surface area contributed by atoms with Crippen LogP contribution in [0.15, 0.2) is 14.1 Å². The van der Waals surface area contributed by atoms with Gasteiger partial charge in [-0.05, 0) is 41.4 Å². The van der Waals surface area contributed by atoms with Gasteiger partial charge in [0.2, 0.25) is 0 Å². The first kappa shape index (κ1) is 14.6. The highest BCUT2D eigenvalue weighted by Crippen LogP contribution is 2.30. The monoisotopic (exact) mass is 341 g/mol. The number of hydrogen-bond acceptors (Lipinski definition) is 5. The summed E-state index contributed by atoms with van der Waals surface area (Å²) in [5.41, 5.74) is 0.834. The van der Waals surface area contributed by atoms with E-state index in [-0.39, 0.29) is 4.21 Å². The molecule has 0 aromatic carbocycles. The second-order valence-electron chi connectivity index (χ2n) is 3.39. The van der Waals surface area contributed by atoms with Crippen molar-refractivity contribution in [2.75, 3.05) is 7.11 Å². The van der Waals surface area contributed by atoms with Gasteiger partial charge in [0.25, 0.3) is 10.0 Å². The van der Waals surface area contributed by atoms with Crippen molar-refractivity contribution in [3.05, 3.63) is 15.4 Å². The lowest BCUT2D eigenvalue weighted by Crippen LogP contribution is -2.38. The summed E-state index contributed by atoms with van der Waals surface area (Å²) < 4.78 is 31.4. The van der Waals surface area contributed by atoms with Crippen LogP contribution in [0.2, 0.25) is 0 Å². The molecule has 1 aromatic heterocycles. The smallest absolute Gasteiger partial charge is 0.323 e. The molecule has 0 amide bonds. The minimum atomic E-state index is -3.68. The molecule has 0 unspecified atom stereocenters. The van der Waals surface area contributed by atoms with Crippen LogP contribution in [0, 0.1) is 6.92 Å². The first-order valence-electron chi connectivity index (χ1n) is 4.64. The highest BCUT2D eigenvalue weighted by molar-refractivity contribution is 9.11. The lowest BCUT2D eigenvalue weighted by atomic mass is 10.4. The molecule has 1 rings (SSSR count). The fraction of sp³-hybridized carbons (Fsp3) is 0.444. The third kappa shape index (κ3) is 3.51. The number of rotatable bonds is 4. The zero-order valence-corrected chi connectivity index (χ0v) is 12.7. The van der Waals surface area contributed by atoms with Crippen LogP contribution in [-0.4, -0.2) is 27.5 Å².